The second-order valence-corrected chi connectivity index (χ2v) is 6.91. The number of para-hydroxylation sites is 1. The molecule has 0 aliphatic rings. The number of carbonyl (C=O) groups excluding carboxylic acids is 1. The zero-order valence-corrected chi connectivity index (χ0v) is 16.4. The van der Waals surface area contributed by atoms with Crippen LogP contribution in [0.25, 0.3) is 22.2 Å². The lowest BCUT2D eigenvalue weighted by molar-refractivity contribution is 0.0941. The molecule has 4 nitrogen and oxygen atoms in total. The van der Waals surface area contributed by atoms with E-state index in [-0.39, 0.29) is 11.9 Å². The summed E-state index contributed by atoms with van der Waals surface area (Å²) in [5, 5.41) is 3.95. The number of hydrogen-bond donors (Lipinski definition) is 1. The van der Waals surface area contributed by atoms with Crippen molar-refractivity contribution in [2.45, 2.75) is 13.0 Å². The molecule has 0 aliphatic carbocycles. The number of nitrogens with zero attached hydrogens (tertiary/aromatic N) is 1. The van der Waals surface area contributed by atoms with Gasteiger partial charge in [-0.25, -0.2) is 4.98 Å². The predicted molar refractivity (Wildman–Crippen MR) is 116 cm³/mol. The molecule has 1 aromatic heterocycles. The third-order valence-corrected chi connectivity index (χ3v) is 4.97. The van der Waals surface area contributed by atoms with Crippen LogP contribution in [0.1, 0.15) is 28.9 Å². The molecule has 0 fully saturated rings. The Hall–Kier alpha value is -3.66. The average Bonchev–Trinajstić information content (AvgIpc) is 2.78. The second-order valence-electron chi connectivity index (χ2n) is 6.91. The maximum Gasteiger partial charge on any atom is 0.252 e. The number of amides is 1. The zero-order chi connectivity index (χ0) is 20.2. The first kappa shape index (κ1) is 18.7. The summed E-state index contributed by atoms with van der Waals surface area (Å²) in [6.45, 7) is 1.97. The molecule has 29 heavy (non-hydrogen) atoms. The van der Waals surface area contributed by atoms with Gasteiger partial charge in [0.2, 0.25) is 0 Å². The summed E-state index contributed by atoms with van der Waals surface area (Å²) in [4.78, 5) is 18.0. The molecule has 144 valence electrons. The Labute approximate surface area is 170 Å². The van der Waals surface area contributed by atoms with E-state index in [4.69, 9.17) is 9.72 Å². The average molecular weight is 382 g/mol. The molecule has 1 unspecified atom stereocenters. The van der Waals surface area contributed by atoms with Crippen molar-refractivity contribution in [1.29, 1.82) is 0 Å². The van der Waals surface area contributed by atoms with E-state index in [9.17, 15) is 4.79 Å². The molecule has 3 aromatic carbocycles. The van der Waals surface area contributed by atoms with E-state index in [0.29, 0.717) is 5.56 Å². The van der Waals surface area contributed by atoms with Crippen molar-refractivity contribution in [3.8, 4) is 17.0 Å². The number of carbonyl (C=O) groups is 1. The van der Waals surface area contributed by atoms with Gasteiger partial charge in [-0.3, -0.25) is 4.79 Å². The summed E-state index contributed by atoms with van der Waals surface area (Å²) < 4.78 is 5.30. The number of nitrogens with one attached hydrogen (secondary N) is 1. The molecule has 1 atom stereocenters. The molecular formula is C25H22N2O2. The quantitative estimate of drug-likeness (QED) is 0.503. The van der Waals surface area contributed by atoms with Gasteiger partial charge in [0.1, 0.15) is 5.75 Å². The lowest BCUT2D eigenvalue weighted by Crippen LogP contribution is -2.27. The Morgan fingerprint density at radius 2 is 1.69 bits per heavy atom. The summed E-state index contributed by atoms with van der Waals surface area (Å²) in [5.74, 6) is 0.639. The fourth-order valence-electron chi connectivity index (χ4n) is 3.39. The Kier molecular flexibility index (Phi) is 5.25. The molecule has 0 spiro atoms. The summed E-state index contributed by atoms with van der Waals surface area (Å²) in [5.41, 5.74) is 4.16. The minimum atomic E-state index is -0.162. The minimum Gasteiger partial charge on any atom is -0.497 e. The molecule has 0 saturated carbocycles. The van der Waals surface area contributed by atoms with Crippen molar-refractivity contribution in [1.82, 2.24) is 10.3 Å². The summed E-state index contributed by atoms with van der Waals surface area (Å²) in [7, 11) is 1.64. The van der Waals surface area contributed by atoms with E-state index in [0.717, 1.165) is 33.5 Å². The summed E-state index contributed by atoms with van der Waals surface area (Å²) in [6, 6.07) is 27.1. The number of fused-ring (bicyclic) bond motifs is 1. The highest BCUT2D eigenvalue weighted by molar-refractivity contribution is 6.07. The van der Waals surface area contributed by atoms with Gasteiger partial charge in [0.05, 0.1) is 29.9 Å². The monoisotopic (exact) mass is 382 g/mol. The maximum atomic E-state index is 13.2. The molecule has 1 heterocycles. The van der Waals surface area contributed by atoms with Gasteiger partial charge in [-0.05, 0) is 36.8 Å². The van der Waals surface area contributed by atoms with Crippen LogP contribution in [-0.2, 0) is 0 Å². The van der Waals surface area contributed by atoms with E-state index in [1.165, 1.54) is 0 Å². The van der Waals surface area contributed by atoms with Gasteiger partial charge in [-0.2, -0.15) is 0 Å². The molecule has 0 bridgehead atoms. The predicted octanol–water partition coefficient (Wildman–Crippen LogP) is 5.40. The van der Waals surface area contributed by atoms with Crippen LogP contribution in [0, 0.1) is 0 Å². The van der Waals surface area contributed by atoms with Gasteiger partial charge in [0.25, 0.3) is 5.91 Å². The molecule has 0 aliphatic heterocycles. The van der Waals surface area contributed by atoms with Crippen molar-refractivity contribution in [2.75, 3.05) is 7.11 Å². The number of hydrogen-bond acceptors (Lipinski definition) is 3. The molecule has 4 rings (SSSR count). The third-order valence-electron chi connectivity index (χ3n) is 4.97. The first-order valence-electron chi connectivity index (χ1n) is 9.56. The number of rotatable bonds is 5. The van der Waals surface area contributed by atoms with E-state index >= 15 is 0 Å². The largest absolute Gasteiger partial charge is 0.497 e. The van der Waals surface area contributed by atoms with Gasteiger partial charge >= 0.3 is 0 Å². The van der Waals surface area contributed by atoms with Crippen molar-refractivity contribution in [3.05, 3.63) is 96.1 Å². The highest BCUT2D eigenvalue weighted by Gasteiger charge is 2.17. The lowest BCUT2D eigenvalue weighted by atomic mass is 10.0. The smallest absolute Gasteiger partial charge is 0.252 e. The Bertz CT molecular complexity index is 1160. The van der Waals surface area contributed by atoms with E-state index < -0.39 is 0 Å². The Balaban J connectivity index is 1.71. The fourth-order valence-corrected chi connectivity index (χ4v) is 3.39. The van der Waals surface area contributed by atoms with Crippen molar-refractivity contribution in [2.24, 2.45) is 0 Å². The van der Waals surface area contributed by atoms with Gasteiger partial charge in [0, 0.05) is 10.9 Å². The van der Waals surface area contributed by atoms with Crippen LogP contribution >= 0.6 is 0 Å². The van der Waals surface area contributed by atoms with Gasteiger partial charge in [-0.1, -0.05) is 60.7 Å². The topological polar surface area (TPSA) is 51.2 Å². The van der Waals surface area contributed by atoms with Crippen LogP contribution in [-0.4, -0.2) is 18.0 Å². The number of benzene rings is 3. The summed E-state index contributed by atoms with van der Waals surface area (Å²) >= 11 is 0. The zero-order valence-electron chi connectivity index (χ0n) is 16.4. The van der Waals surface area contributed by atoms with Gasteiger partial charge < -0.3 is 10.1 Å². The molecular weight excluding hydrogens is 360 g/mol. The Morgan fingerprint density at radius 1 is 0.931 bits per heavy atom. The minimum absolute atomic E-state index is 0.129. The SMILES string of the molecule is COc1cccc(C(C)NC(=O)c2cc(-c3ccccc3)nc3ccccc23)c1. The summed E-state index contributed by atoms with van der Waals surface area (Å²) in [6.07, 6.45) is 0. The van der Waals surface area contributed by atoms with Gasteiger partial charge in [0.15, 0.2) is 0 Å². The lowest BCUT2D eigenvalue weighted by Gasteiger charge is -2.17. The van der Waals surface area contributed by atoms with Crippen LogP contribution in [0.15, 0.2) is 84.9 Å². The van der Waals surface area contributed by atoms with E-state index in [1.54, 1.807) is 7.11 Å². The third kappa shape index (κ3) is 3.97. The normalized spacial score (nSPS) is 11.8. The second kappa shape index (κ2) is 8.15. The number of ether oxygens (including phenoxy) is 1. The highest BCUT2D eigenvalue weighted by Crippen LogP contribution is 2.26. The number of methoxy groups -OCH3 is 1. The highest BCUT2D eigenvalue weighted by atomic mass is 16.5. The molecule has 1 N–H and O–H groups in total. The van der Waals surface area contributed by atoms with E-state index in [1.807, 2.05) is 91.9 Å². The molecule has 1 amide bonds. The molecule has 0 saturated heterocycles. The number of pyridine rings is 1. The first-order valence-corrected chi connectivity index (χ1v) is 9.56. The van der Waals surface area contributed by atoms with Crippen LogP contribution in [0.2, 0.25) is 0 Å². The van der Waals surface area contributed by atoms with E-state index in [2.05, 4.69) is 5.32 Å². The van der Waals surface area contributed by atoms with Crippen molar-refractivity contribution < 1.29 is 9.53 Å². The van der Waals surface area contributed by atoms with Crippen molar-refractivity contribution in [3.63, 3.8) is 0 Å². The van der Waals surface area contributed by atoms with Crippen LogP contribution in [0.4, 0.5) is 0 Å². The fraction of sp³-hybridized carbons (Fsp3) is 0.120. The maximum absolute atomic E-state index is 13.2. The van der Waals surface area contributed by atoms with Crippen LogP contribution in [0.3, 0.4) is 0 Å². The molecule has 4 aromatic rings. The Morgan fingerprint density at radius 3 is 2.48 bits per heavy atom. The number of aromatic nitrogens is 1. The standard InChI is InChI=1S/C25H22N2O2/c1-17(19-11-8-12-20(15-19)29-2)26-25(28)22-16-24(18-9-4-3-5-10-18)27-23-14-7-6-13-21(22)23/h3-17H,1-2H3,(H,26,28). The van der Waals surface area contributed by atoms with Gasteiger partial charge in [-0.15, -0.1) is 0 Å². The molecule has 4 heteroatoms. The van der Waals surface area contributed by atoms with Crippen molar-refractivity contribution >= 4 is 16.8 Å². The van der Waals surface area contributed by atoms with Crippen LogP contribution in [0.5, 0.6) is 5.75 Å². The first-order chi connectivity index (χ1) is 14.2. The van der Waals surface area contributed by atoms with Crippen LogP contribution < -0.4 is 10.1 Å². The molecule has 0 radical (unpaired) electrons.